The first-order valence-electron chi connectivity index (χ1n) is 9.95. The van der Waals surface area contributed by atoms with E-state index in [1.807, 2.05) is 52.0 Å². The number of amides is 2. The number of rotatable bonds is 9. The molecule has 0 saturated heterocycles. The molecule has 0 spiro atoms. The molecule has 4 N–H and O–H groups in total. The molecule has 8 heteroatoms. The third-order valence-electron chi connectivity index (χ3n) is 3.73. The number of nitrogens with one attached hydrogen (secondary N) is 4. The van der Waals surface area contributed by atoms with Gasteiger partial charge >= 0.3 is 0 Å². The van der Waals surface area contributed by atoms with Crippen LogP contribution in [0.5, 0.6) is 0 Å². The van der Waals surface area contributed by atoms with Gasteiger partial charge in [0.1, 0.15) is 0 Å². The average molecular weight is 517 g/mol. The second-order valence-electron chi connectivity index (χ2n) is 7.65. The highest BCUT2D eigenvalue weighted by molar-refractivity contribution is 14.0. The number of hydrogen-bond acceptors (Lipinski definition) is 3. The molecule has 7 nitrogen and oxygen atoms in total. The van der Waals surface area contributed by atoms with Gasteiger partial charge in [-0.25, -0.2) is 4.99 Å². The number of nitrogens with zero attached hydrogens (tertiary/aromatic N) is 1. The van der Waals surface area contributed by atoms with Crippen molar-refractivity contribution in [1.82, 2.24) is 21.3 Å². The van der Waals surface area contributed by atoms with Crippen LogP contribution in [-0.2, 0) is 11.3 Å². The van der Waals surface area contributed by atoms with E-state index in [1.54, 1.807) is 0 Å². The van der Waals surface area contributed by atoms with Gasteiger partial charge in [-0.05, 0) is 51.8 Å². The van der Waals surface area contributed by atoms with Gasteiger partial charge in [-0.15, -0.1) is 24.0 Å². The van der Waals surface area contributed by atoms with E-state index in [0.29, 0.717) is 31.2 Å². The Morgan fingerprint density at radius 3 is 2.21 bits per heavy atom. The maximum atomic E-state index is 12.0. The molecule has 2 amide bonds. The first kappa shape index (κ1) is 27.2. The summed E-state index contributed by atoms with van der Waals surface area (Å²) in [6.45, 7) is 11.9. The summed E-state index contributed by atoms with van der Waals surface area (Å²) in [7, 11) is 0. The zero-order valence-electron chi connectivity index (χ0n) is 18.2. The van der Waals surface area contributed by atoms with Crippen molar-refractivity contribution in [3.05, 3.63) is 35.4 Å². The van der Waals surface area contributed by atoms with E-state index in [1.165, 1.54) is 0 Å². The second kappa shape index (κ2) is 14.2. The molecule has 0 saturated carbocycles. The largest absolute Gasteiger partial charge is 0.357 e. The van der Waals surface area contributed by atoms with Crippen LogP contribution in [0.4, 0.5) is 0 Å². The Morgan fingerprint density at radius 1 is 1.00 bits per heavy atom. The number of unbranched alkanes of at least 4 members (excludes halogenated alkanes) is 1. The van der Waals surface area contributed by atoms with Gasteiger partial charge in [-0.3, -0.25) is 9.59 Å². The fourth-order valence-electron chi connectivity index (χ4n) is 2.38. The molecule has 1 rings (SSSR count). The summed E-state index contributed by atoms with van der Waals surface area (Å²) in [6, 6.07) is 7.41. The van der Waals surface area contributed by atoms with Crippen LogP contribution in [0, 0.1) is 0 Å². The summed E-state index contributed by atoms with van der Waals surface area (Å²) in [5.41, 5.74) is 1.37. The first-order chi connectivity index (χ1) is 13.2. The van der Waals surface area contributed by atoms with Gasteiger partial charge in [-0.1, -0.05) is 25.5 Å². The number of guanidine groups is 1. The van der Waals surface area contributed by atoms with Crippen molar-refractivity contribution >= 4 is 41.8 Å². The molecule has 1 aromatic carbocycles. The highest BCUT2D eigenvalue weighted by Crippen LogP contribution is 2.06. The van der Waals surface area contributed by atoms with Crippen molar-refractivity contribution in [3.63, 3.8) is 0 Å². The minimum Gasteiger partial charge on any atom is -0.357 e. The number of aliphatic imine (C=N–C) groups is 1. The van der Waals surface area contributed by atoms with Crippen LogP contribution in [0.2, 0.25) is 0 Å². The molecule has 0 aliphatic heterocycles. The molecule has 0 radical (unpaired) electrons. The Kier molecular flexibility index (Phi) is 13.3. The molecule has 0 aliphatic carbocycles. The lowest BCUT2D eigenvalue weighted by molar-refractivity contribution is -0.121. The van der Waals surface area contributed by atoms with Gasteiger partial charge in [0.15, 0.2) is 5.96 Å². The van der Waals surface area contributed by atoms with Gasteiger partial charge < -0.3 is 21.3 Å². The summed E-state index contributed by atoms with van der Waals surface area (Å²) in [4.78, 5) is 28.5. The first-order valence-corrected chi connectivity index (χ1v) is 9.95. The maximum absolute atomic E-state index is 12.0. The molecule has 164 valence electrons. The Morgan fingerprint density at radius 2 is 1.66 bits per heavy atom. The molecule has 0 bridgehead atoms. The second-order valence-corrected chi connectivity index (χ2v) is 7.65. The zero-order valence-corrected chi connectivity index (χ0v) is 20.6. The number of carbonyl (C=O) groups is 2. The van der Waals surface area contributed by atoms with Crippen molar-refractivity contribution in [2.24, 2.45) is 4.99 Å². The summed E-state index contributed by atoms with van der Waals surface area (Å²) >= 11 is 0. The van der Waals surface area contributed by atoms with Gasteiger partial charge in [0.25, 0.3) is 5.91 Å². The van der Waals surface area contributed by atoms with Crippen LogP contribution in [0.1, 0.15) is 63.4 Å². The third kappa shape index (κ3) is 12.4. The molecule has 0 atom stereocenters. The monoisotopic (exact) mass is 517 g/mol. The number of carbonyl (C=O) groups excluding carboxylic acids is 2. The van der Waals surface area contributed by atoms with E-state index in [-0.39, 0.29) is 47.9 Å². The van der Waals surface area contributed by atoms with Gasteiger partial charge in [-0.2, -0.15) is 0 Å². The van der Waals surface area contributed by atoms with Crippen LogP contribution in [0.15, 0.2) is 29.3 Å². The van der Waals surface area contributed by atoms with Crippen molar-refractivity contribution in [2.75, 3.05) is 19.6 Å². The van der Waals surface area contributed by atoms with Crippen molar-refractivity contribution in [1.29, 1.82) is 0 Å². The van der Waals surface area contributed by atoms with Crippen LogP contribution in [0.3, 0.4) is 0 Å². The normalized spacial score (nSPS) is 11.3. The fraction of sp³-hybridized carbons (Fsp3) is 0.571. The molecular weight excluding hydrogens is 481 g/mol. The van der Waals surface area contributed by atoms with Crippen molar-refractivity contribution in [2.45, 2.75) is 59.5 Å². The Labute approximate surface area is 191 Å². The van der Waals surface area contributed by atoms with Crippen LogP contribution in [-0.4, -0.2) is 42.9 Å². The predicted octanol–water partition coefficient (Wildman–Crippen LogP) is 2.80. The Balaban J connectivity index is 0.00000784. The standard InChI is InChI=1S/C21H35N5O2.HI/c1-6-8-13-23-19(28)17-11-9-16(10-12-17)14-24-20(22-7-2)25-15-18(27)26-21(3,4)5;/h9-12H,6-8,13-15H2,1-5H3,(H,23,28)(H,26,27)(H2,22,24,25);1H. The van der Waals surface area contributed by atoms with E-state index in [4.69, 9.17) is 0 Å². The molecule has 0 unspecified atom stereocenters. The molecule has 29 heavy (non-hydrogen) atoms. The predicted molar refractivity (Wildman–Crippen MR) is 130 cm³/mol. The summed E-state index contributed by atoms with van der Waals surface area (Å²) in [5.74, 6) is 0.438. The van der Waals surface area contributed by atoms with Crippen molar-refractivity contribution < 1.29 is 9.59 Å². The van der Waals surface area contributed by atoms with Gasteiger partial charge in [0.05, 0.1) is 13.1 Å². The van der Waals surface area contributed by atoms with Crippen LogP contribution in [0.25, 0.3) is 0 Å². The lowest BCUT2D eigenvalue weighted by Crippen LogP contribution is -2.48. The van der Waals surface area contributed by atoms with E-state index in [0.717, 1.165) is 18.4 Å². The van der Waals surface area contributed by atoms with Crippen molar-refractivity contribution in [3.8, 4) is 0 Å². The molecule has 0 aromatic heterocycles. The quantitative estimate of drug-likeness (QED) is 0.175. The minimum absolute atomic E-state index is 0. The van der Waals surface area contributed by atoms with E-state index >= 15 is 0 Å². The summed E-state index contributed by atoms with van der Waals surface area (Å²) in [5, 5.41) is 12.0. The average Bonchev–Trinajstić information content (AvgIpc) is 2.63. The maximum Gasteiger partial charge on any atom is 0.251 e. The highest BCUT2D eigenvalue weighted by Gasteiger charge is 2.13. The summed E-state index contributed by atoms with van der Waals surface area (Å²) < 4.78 is 0. The topological polar surface area (TPSA) is 94.6 Å². The lowest BCUT2D eigenvalue weighted by atomic mass is 10.1. The van der Waals surface area contributed by atoms with E-state index in [9.17, 15) is 9.59 Å². The SMILES string of the molecule is CCCCNC(=O)c1ccc(CN=C(NCC)NCC(=O)NC(C)(C)C)cc1.I. The Bertz CT molecular complexity index is 654. The third-order valence-corrected chi connectivity index (χ3v) is 3.73. The molecule has 1 aromatic rings. The molecule has 0 fully saturated rings. The summed E-state index contributed by atoms with van der Waals surface area (Å²) in [6.07, 6.45) is 2.03. The van der Waals surface area contributed by atoms with Gasteiger partial charge in [0, 0.05) is 24.2 Å². The Hall–Kier alpha value is -1.84. The lowest BCUT2D eigenvalue weighted by Gasteiger charge is -2.21. The van der Waals surface area contributed by atoms with E-state index < -0.39 is 0 Å². The number of benzene rings is 1. The highest BCUT2D eigenvalue weighted by atomic mass is 127. The zero-order chi connectivity index (χ0) is 21.0. The number of halogens is 1. The van der Waals surface area contributed by atoms with Crippen LogP contribution >= 0.6 is 24.0 Å². The fourth-order valence-corrected chi connectivity index (χ4v) is 2.38. The van der Waals surface area contributed by atoms with Crippen LogP contribution < -0.4 is 21.3 Å². The smallest absolute Gasteiger partial charge is 0.251 e. The van der Waals surface area contributed by atoms with Gasteiger partial charge in [0.2, 0.25) is 5.91 Å². The number of hydrogen-bond donors (Lipinski definition) is 4. The van der Waals surface area contributed by atoms with E-state index in [2.05, 4.69) is 33.2 Å². The minimum atomic E-state index is -0.265. The molecular formula is C21H36IN5O2. The molecule has 0 aliphatic rings. The molecule has 0 heterocycles.